The van der Waals surface area contributed by atoms with Crippen molar-refractivity contribution in [3.63, 3.8) is 0 Å². The molecule has 0 unspecified atom stereocenters. The highest BCUT2D eigenvalue weighted by Crippen LogP contribution is 2.31. The van der Waals surface area contributed by atoms with Gasteiger partial charge in [-0.3, -0.25) is 0 Å². The summed E-state index contributed by atoms with van der Waals surface area (Å²) in [5, 5.41) is 8.39. The first-order valence-corrected chi connectivity index (χ1v) is 6.23. The first-order valence-electron chi connectivity index (χ1n) is 6.23. The smallest absolute Gasteiger partial charge is 0.148 e. The Morgan fingerprint density at radius 2 is 1.70 bits per heavy atom. The molecule has 2 aromatic rings. The zero-order chi connectivity index (χ0) is 14.5. The van der Waals surface area contributed by atoms with Gasteiger partial charge in [-0.15, -0.1) is 5.11 Å². The molecule has 0 radical (unpaired) electrons. The number of nitrogens with zero attached hydrogens (tertiary/aromatic N) is 3. The number of hydrogen-bond acceptors (Lipinski definition) is 5. The van der Waals surface area contributed by atoms with Gasteiger partial charge in [0.1, 0.15) is 11.4 Å². The number of nitrogen functional groups attached to an aromatic ring is 1. The van der Waals surface area contributed by atoms with E-state index in [-0.39, 0.29) is 0 Å². The Hall–Kier alpha value is -2.56. The molecule has 5 heteroatoms. The van der Waals surface area contributed by atoms with E-state index in [4.69, 9.17) is 10.5 Å². The first-order chi connectivity index (χ1) is 9.60. The summed E-state index contributed by atoms with van der Waals surface area (Å²) in [4.78, 5) is 2.03. The molecule has 0 aliphatic heterocycles. The average Bonchev–Trinajstić information content (AvgIpc) is 2.46. The van der Waals surface area contributed by atoms with Crippen LogP contribution in [-0.2, 0) is 0 Å². The number of methoxy groups -OCH3 is 1. The van der Waals surface area contributed by atoms with Crippen molar-refractivity contribution < 1.29 is 4.74 Å². The Balaban J connectivity index is 2.20. The maximum atomic E-state index is 5.70. The van der Waals surface area contributed by atoms with Crippen molar-refractivity contribution in [1.82, 2.24) is 0 Å². The van der Waals surface area contributed by atoms with E-state index < -0.39 is 0 Å². The summed E-state index contributed by atoms with van der Waals surface area (Å²) in [7, 11) is 5.57. The molecule has 0 saturated heterocycles. The molecule has 0 atom stereocenters. The molecule has 0 bridgehead atoms. The Labute approximate surface area is 118 Å². The molecule has 0 saturated carbocycles. The van der Waals surface area contributed by atoms with E-state index >= 15 is 0 Å². The fraction of sp³-hybridized carbons (Fsp3) is 0.200. The molecule has 104 valence electrons. The lowest BCUT2D eigenvalue weighted by atomic mass is 10.2. The lowest BCUT2D eigenvalue weighted by Crippen LogP contribution is -2.07. The molecular formula is C15H18N4O. The number of azo groups is 1. The molecule has 0 aliphatic rings. The summed E-state index contributed by atoms with van der Waals surface area (Å²) in [6, 6.07) is 13.1. The van der Waals surface area contributed by atoms with E-state index in [0.29, 0.717) is 17.1 Å². The average molecular weight is 270 g/mol. The zero-order valence-corrected chi connectivity index (χ0v) is 11.9. The minimum atomic E-state index is 0.610. The number of hydrogen-bond donors (Lipinski definition) is 1. The highest BCUT2D eigenvalue weighted by molar-refractivity contribution is 5.59. The van der Waals surface area contributed by atoms with Crippen molar-refractivity contribution in [3.8, 4) is 5.75 Å². The van der Waals surface area contributed by atoms with E-state index in [1.54, 1.807) is 25.3 Å². The standard InChI is InChI=1S/C15H18N4O/c1-19(2)13-7-5-12(6-8-13)17-18-14-9-4-11(16)10-15(14)20-3/h4-10H,16H2,1-3H3. The molecule has 20 heavy (non-hydrogen) atoms. The fourth-order valence-electron chi connectivity index (χ4n) is 1.71. The third-order valence-electron chi connectivity index (χ3n) is 2.84. The summed E-state index contributed by atoms with van der Waals surface area (Å²) >= 11 is 0. The van der Waals surface area contributed by atoms with Gasteiger partial charge in [0, 0.05) is 31.5 Å². The highest BCUT2D eigenvalue weighted by atomic mass is 16.5. The maximum absolute atomic E-state index is 5.70. The summed E-state index contributed by atoms with van der Waals surface area (Å²) in [6.07, 6.45) is 0. The third kappa shape index (κ3) is 3.26. The Bertz CT molecular complexity index is 606. The SMILES string of the molecule is COc1cc(N)ccc1N=Nc1ccc(N(C)C)cc1. The van der Waals surface area contributed by atoms with Crippen LogP contribution in [0.5, 0.6) is 5.75 Å². The van der Waals surface area contributed by atoms with Crippen LogP contribution in [0.4, 0.5) is 22.7 Å². The second-order valence-corrected chi connectivity index (χ2v) is 4.54. The van der Waals surface area contributed by atoms with Crippen LogP contribution in [0.3, 0.4) is 0 Å². The van der Waals surface area contributed by atoms with Gasteiger partial charge >= 0.3 is 0 Å². The van der Waals surface area contributed by atoms with E-state index in [1.165, 1.54) is 0 Å². The van der Waals surface area contributed by atoms with Crippen LogP contribution in [0.15, 0.2) is 52.7 Å². The van der Waals surface area contributed by atoms with Gasteiger partial charge in [0.25, 0.3) is 0 Å². The maximum Gasteiger partial charge on any atom is 0.148 e. The van der Waals surface area contributed by atoms with Crippen LogP contribution in [-0.4, -0.2) is 21.2 Å². The van der Waals surface area contributed by atoms with Crippen molar-refractivity contribution in [1.29, 1.82) is 0 Å². The van der Waals surface area contributed by atoms with Gasteiger partial charge in [0.15, 0.2) is 0 Å². The van der Waals surface area contributed by atoms with Gasteiger partial charge in [-0.05, 0) is 36.4 Å². The van der Waals surface area contributed by atoms with E-state index in [2.05, 4.69) is 10.2 Å². The molecular weight excluding hydrogens is 252 g/mol. The van der Waals surface area contributed by atoms with Crippen LogP contribution in [0.25, 0.3) is 0 Å². The van der Waals surface area contributed by atoms with E-state index in [9.17, 15) is 0 Å². The number of nitrogens with two attached hydrogens (primary N) is 1. The van der Waals surface area contributed by atoms with Gasteiger partial charge in [-0.2, -0.15) is 5.11 Å². The third-order valence-corrected chi connectivity index (χ3v) is 2.84. The summed E-state index contributed by atoms with van der Waals surface area (Å²) < 4.78 is 5.22. The van der Waals surface area contributed by atoms with Gasteiger partial charge in [0.05, 0.1) is 12.8 Å². The van der Waals surface area contributed by atoms with Crippen molar-refractivity contribution in [2.75, 3.05) is 31.8 Å². The monoisotopic (exact) mass is 270 g/mol. The first kappa shape index (κ1) is 13.9. The molecule has 2 N–H and O–H groups in total. The molecule has 0 aliphatic carbocycles. The minimum Gasteiger partial charge on any atom is -0.494 e. The summed E-state index contributed by atoms with van der Waals surface area (Å²) in [5.74, 6) is 0.610. The van der Waals surface area contributed by atoms with Crippen molar-refractivity contribution in [2.24, 2.45) is 10.2 Å². The van der Waals surface area contributed by atoms with Crippen molar-refractivity contribution in [2.45, 2.75) is 0 Å². The van der Waals surface area contributed by atoms with Crippen LogP contribution >= 0.6 is 0 Å². The zero-order valence-electron chi connectivity index (χ0n) is 11.9. The minimum absolute atomic E-state index is 0.610. The second-order valence-electron chi connectivity index (χ2n) is 4.54. The molecule has 0 heterocycles. The largest absolute Gasteiger partial charge is 0.494 e. The lowest BCUT2D eigenvalue weighted by molar-refractivity contribution is 0.416. The molecule has 0 aromatic heterocycles. The van der Waals surface area contributed by atoms with Crippen LogP contribution in [0.1, 0.15) is 0 Å². The predicted octanol–water partition coefficient (Wildman–Crippen LogP) is 3.76. The number of ether oxygens (including phenoxy) is 1. The van der Waals surface area contributed by atoms with Gasteiger partial charge in [-0.1, -0.05) is 0 Å². The van der Waals surface area contributed by atoms with Gasteiger partial charge in [0.2, 0.25) is 0 Å². The molecule has 0 spiro atoms. The number of benzene rings is 2. The quantitative estimate of drug-likeness (QED) is 0.679. The van der Waals surface area contributed by atoms with Crippen molar-refractivity contribution in [3.05, 3.63) is 42.5 Å². The summed E-state index contributed by atoms with van der Waals surface area (Å²) in [5.41, 5.74) is 8.89. The molecule has 2 aromatic carbocycles. The molecule has 5 nitrogen and oxygen atoms in total. The molecule has 0 fully saturated rings. The number of anilines is 2. The Morgan fingerprint density at radius 3 is 2.30 bits per heavy atom. The highest BCUT2D eigenvalue weighted by Gasteiger charge is 2.02. The lowest BCUT2D eigenvalue weighted by Gasteiger charge is -2.11. The second kappa shape index (κ2) is 6.06. The fourth-order valence-corrected chi connectivity index (χ4v) is 1.71. The van der Waals surface area contributed by atoms with E-state index in [0.717, 1.165) is 11.4 Å². The van der Waals surface area contributed by atoms with Gasteiger partial charge < -0.3 is 15.4 Å². The molecule has 0 amide bonds. The topological polar surface area (TPSA) is 63.2 Å². The molecule has 2 rings (SSSR count). The van der Waals surface area contributed by atoms with Gasteiger partial charge in [-0.25, -0.2) is 0 Å². The normalized spacial score (nSPS) is 10.8. The van der Waals surface area contributed by atoms with Crippen LogP contribution in [0.2, 0.25) is 0 Å². The summed E-state index contributed by atoms with van der Waals surface area (Å²) in [6.45, 7) is 0. The van der Waals surface area contributed by atoms with Crippen LogP contribution in [0, 0.1) is 0 Å². The van der Waals surface area contributed by atoms with Crippen LogP contribution < -0.4 is 15.4 Å². The Kier molecular flexibility index (Phi) is 4.20. The number of rotatable bonds is 4. The van der Waals surface area contributed by atoms with E-state index in [1.807, 2.05) is 43.3 Å². The van der Waals surface area contributed by atoms with Crippen molar-refractivity contribution >= 4 is 22.7 Å². The predicted molar refractivity (Wildman–Crippen MR) is 82.4 cm³/mol. The Morgan fingerprint density at radius 1 is 1.00 bits per heavy atom.